The van der Waals surface area contributed by atoms with Crippen LogP contribution in [-0.2, 0) is 33.4 Å². The number of carbonyl (C=O) groups is 4. The molecule has 3 N–H and O–H groups in total. The molecular weight excluding hydrogens is 346 g/mol. The summed E-state index contributed by atoms with van der Waals surface area (Å²) in [6.45, 7) is 5.67. The van der Waals surface area contributed by atoms with Gasteiger partial charge in [-0.2, -0.15) is 0 Å². The molecule has 0 saturated heterocycles. The van der Waals surface area contributed by atoms with Crippen LogP contribution in [0.3, 0.4) is 0 Å². The van der Waals surface area contributed by atoms with Crippen molar-refractivity contribution in [2.75, 3.05) is 56.6 Å². The minimum atomic E-state index is -0.245. The zero-order valence-corrected chi connectivity index (χ0v) is 18.4. The fourth-order valence-corrected chi connectivity index (χ4v) is 0. The maximum atomic E-state index is 9.70. The number of hydrogen-bond donors (Lipinski definition) is 3. The number of carbonyl (C=O) groups excluding carboxylic acids is 4. The van der Waals surface area contributed by atoms with Gasteiger partial charge >= 0.3 is 11.9 Å². The van der Waals surface area contributed by atoms with Crippen LogP contribution < -0.4 is 16.0 Å². The highest BCUT2D eigenvalue weighted by atomic mass is 16.5. The topological polar surface area (TPSA) is 132 Å². The Labute approximate surface area is 158 Å². The molecule has 0 aliphatic carbocycles. The third kappa shape index (κ3) is 280. The molecule has 0 aromatic rings. The van der Waals surface area contributed by atoms with Crippen LogP contribution in [0.15, 0.2) is 0 Å². The summed E-state index contributed by atoms with van der Waals surface area (Å²) in [5, 5.41) is 7.53. The lowest BCUT2D eigenvalue weighted by Crippen LogP contribution is -2.11. The first-order valence-electron chi connectivity index (χ1n) is 7.36. The maximum Gasteiger partial charge on any atom is 0.302 e. The Morgan fingerprint density at radius 2 is 0.654 bits per heavy atom. The fourth-order valence-electron chi connectivity index (χ4n) is 0. The van der Waals surface area contributed by atoms with E-state index in [1.165, 1.54) is 41.9 Å². The van der Waals surface area contributed by atoms with Crippen molar-refractivity contribution in [1.82, 2.24) is 16.0 Å². The number of ether oxygens (including phenoxy) is 3. The van der Waals surface area contributed by atoms with Gasteiger partial charge in [0.05, 0.1) is 14.2 Å². The monoisotopic (exact) mass is 385 g/mol. The number of rotatable bonds is 0. The SMILES string of the molecule is CNC.CNC(C)=O.CNC(C)=O.COC.COC(C)=O.COC(C)=O. The summed E-state index contributed by atoms with van der Waals surface area (Å²) in [7, 11) is 12.9. The number of esters is 2. The molecule has 0 aliphatic rings. The molecule has 0 radical (unpaired) electrons. The molecule has 160 valence electrons. The van der Waals surface area contributed by atoms with E-state index in [2.05, 4.69) is 30.2 Å². The average molecular weight is 386 g/mol. The van der Waals surface area contributed by atoms with E-state index in [9.17, 15) is 19.2 Å². The molecule has 0 aromatic carbocycles. The lowest BCUT2D eigenvalue weighted by atomic mass is 10.7. The number of methoxy groups -OCH3 is 3. The van der Waals surface area contributed by atoms with Gasteiger partial charge in [-0.05, 0) is 14.1 Å². The highest BCUT2D eigenvalue weighted by Gasteiger charge is 1.76. The molecule has 0 atom stereocenters. The zero-order chi connectivity index (χ0) is 22.6. The van der Waals surface area contributed by atoms with Crippen LogP contribution in [0.25, 0.3) is 0 Å². The molecule has 2 amide bonds. The minimum absolute atomic E-state index is 0.00463. The minimum Gasteiger partial charge on any atom is -0.469 e. The summed E-state index contributed by atoms with van der Waals surface area (Å²) in [5.41, 5.74) is 0. The first-order chi connectivity index (χ1) is 11.9. The molecule has 26 heavy (non-hydrogen) atoms. The lowest BCUT2D eigenvalue weighted by molar-refractivity contribution is -0.138. The molecule has 0 aromatic heterocycles. The summed E-state index contributed by atoms with van der Waals surface area (Å²) in [6.07, 6.45) is 0. The molecule has 0 heterocycles. The highest BCUT2D eigenvalue weighted by Crippen LogP contribution is 1.60. The van der Waals surface area contributed by atoms with Crippen LogP contribution >= 0.6 is 0 Å². The van der Waals surface area contributed by atoms with Crippen molar-refractivity contribution >= 4 is 23.8 Å². The first kappa shape index (κ1) is 39.0. The smallest absolute Gasteiger partial charge is 0.302 e. The summed E-state index contributed by atoms with van der Waals surface area (Å²) in [5.74, 6) is -0.481. The van der Waals surface area contributed by atoms with Gasteiger partial charge in [-0.15, -0.1) is 0 Å². The van der Waals surface area contributed by atoms with Crippen LogP contribution in [0, 0.1) is 0 Å². The van der Waals surface area contributed by atoms with Gasteiger partial charge in [-0.1, -0.05) is 0 Å². The third-order valence-corrected chi connectivity index (χ3v) is 1.28. The van der Waals surface area contributed by atoms with E-state index >= 15 is 0 Å². The van der Waals surface area contributed by atoms with E-state index in [0.29, 0.717) is 0 Å². The van der Waals surface area contributed by atoms with E-state index in [-0.39, 0.29) is 23.8 Å². The molecule has 0 saturated carbocycles. The van der Waals surface area contributed by atoms with Crippen LogP contribution in [0.1, 0.15) is 27.7 Å². The van der Waals surface area contributed by atoms with Gasteiger partial charge in [-0.25, -0.2) is 0 Å². The van der Waals surface area contributed by atoms with Crippen molar-refractivity contribution in [2.45, 2.75) is 27.7 Å². The van der Waals surface area contributed by atoms with E-state index in [0.717, 1.165) is 0 Å². The van der Waals surface area contributed by atoms with Gasteiger partial charge in [0.15, 0.2) is 0 Å². The summed E-state index contributed by atoms with van der Waals surface area (Å²) < 4.78 is 12.5. The van der Waals surface area contributed by atoms with Crippen molar-refractivity contribution in [3.63, 3.8) is 0 Å². The van der Waals surface area contributed by atoms with E-state index < -0.39 is 0 Å². The fraction of sp³-hybridized carbons (Fsp3) is 0.750. The van der Waals surface area contributed by atoms with Crippen LogP contribution in [-0.4, -0.2) is 80.4 Å². The van der Waals surface area contributed by atoms with Crippen molar-refractivity contribution < 1.29 is 33.4 Å². The normalized spacial score (nSPS) is 6.62. The zero-order valence-electron chi connectivity index (χ0n) is 18.4. The Bertz CT molecular complexity index is 254. The van der Waals surface area contributed by atoms with E-state index in [4.69, 9.17) is 0 Å². The predicted octanol–water partition coefficient (Wildman–Crippen LogP) is -0.0386. The second kappa shape index (κ2) is 43.4. The van der Waals surface area contributed by atoms with Gasteiger partial charge in [0, 0.05) is 56.0 Å². The standard InChI is InChI=1S/2C3H7NO.2C3H6O2.C2H7N.C2H6O/c2*1-3(5)4-2;2*1-3(4)5-2;2*1-3-2/h2*1-2H3,(H,4,5);2*1-2H3;3H,1-2H3;1-2H3. The van der Waals surface area contributed by atoms with Gasteiger partial charge in [0.25, 0.3) is 0 Å². The molecule has 0 spiro atoms. The molecular formula is C16H39N3O7. The predicted molar refractivity (Wildman–Crippen MR) is 103 cm³/mol. The van der Waals surface area contributed by atoms with Crippen LogP contribution in [0.4, 0.5) is 0 Å². The first-order valence-corrected chi connectivity index (χ1v) is 7.36. The van der Waals surface area contributed by atoms with Gasteiger partial charge in [0.2, 0.25) is 11.8 Å². The van der Waals surface area contributed by atoms with Crippen molar-refractivity contribution in [3.05, 3.63) is 0 Å². The van der Waals surface area contributed by atoms with E-state index in [1.807, 2.05) is 14.1 Å². The summed E-state index contributed by atoms with van der Waals surface area (Å²) >= 11 is 0. The Morgan fingerprint density at radius 1 is 0.577 bits per heavy atom. The summed E-state index contributed by atoms with van der Waals surface area (Å²) in [4.78, 5) is 38.6. The maximum absolute atomic E-state index is 9.70. The van der Waals surface area contributed by atoms with Crippen LogP contribution in [0.2, 0.25) is 0 Å². The molecule has 10 nitrogen and oxygen atoms in total. The largest absolute Gasteiger partial charge is 0.469 e. The van der Waals surface area contributed by atoms with Crippen molar-refractivity contribution in [1.29, 1.82) is 0 Å². The Hall–Kier alpha value is -2.20. The molecule has 0 unspecified atom stereocenters. The van der Waals surface area contributed by atoms with E-state index in [1.54, 1.807) is 28.3 Å². The summed E-state index contributed by atoms with van der Waals surface area (Å²) in [6, 6.07) is 0. The van der Waals surface area contributed by atoms with Gasteiger partial charge in [-0.3, -0.25) is 19.2 Å². The molecule has 0 rings (SSSR count). The second-order valence-corrected chi connectivity index (χ2v) is 3.91. The second-order valence-electron chi connectivity index (χ2n) is 3.91. The Kier molecular flexibility index (Phi) is 65.2. The molecule has 0 aliphatic heterocycles. The quantitative estimate of drug-likeness (QED) is 0.495. The highest BCUT2D eigenvalue weighted by molar-refractivity contribution is 5.72. The van der Waals surface area contributed by atoms with Gasteiger partial charge < -0.3 is 30.2 Å². The molecule has 0 fully saturated rings. The number of amides is 2. The Balaban J connectivity index is -0.0000000468. The lowest BCUT2D eigenvalue weighted by Gasteiger charge is -1.80. The van der Waals surface area contributed by atoms with Crippen molar-refractivity contribution in [2.24, 2.45) is 0 Å². The van der Waals surface area contributed by atoms with Crippen LogP contribution in [0.5, 0.6) is 0 Å². The van der Waals surface area contributed by atoms with Crippen molar-refractivity contribution in [3.8, 4) is 0 Å². The number of nitrogens with one attached hydrogen (secondary N) is 3. The molecule has 10 heteroatoms. The molecule has 0 bridgehead atoms. The van der Waals surface area contributed by atoms with Gasteiger partial charge in [0.1, 0.15) is 0 Å². The Morgan fingerprint density at radius 3 is 0.654 bits per heavy atom. The third-order valence-electron chi connectivity index (χ3n) is 1.28. The number of hydrogen-bond acceptors (Lipinski definition) is 8. The average Bonchev–Trinajstić information content (AvgIpc) is 2.57.